The normalized spacial score (nSPS) is 10.6. The second-order valence-electron chi connectivity index (χ2n) is 4.73. The van der Waals surface area contributed by atoms with E-state index in [0.29, 0.717) is 4.47 Å². The number of nitrogens with zero attached hydrogens (tertiary/aromatic N) is 1. The first kappa shape index (κ1) is 16.0. The summed E-state index contributed by atoms with van der Waals surface area (Å²) < 4.78 is 0.573. The summed E-state index contributed by atoms with van der Waals surface area (Å²) in [5.74, 6) is -0.0841. The van der Waals surface area contributed by atoms with E-state index in [1.165, 1.54) is 6.21 Å². The van der Waals surface area contributed by atoms with Gasteiger partial charge in [0.15, 0.2) is 0 Å². The molecule has 0 heterocycles. The van der Waals surface area contributed by atoms with Crippen molar-refractivity contribution < 1.29 is 9.90 Å². The smallest absolute Gasteiger partial charge is 0.259 e. The summed E-state index contributed by atoms with van der Waals surface area (Å²) in [5.41, 5.74) is 5.22. The summed E-state index contributed by atoms with van der Waals surface area (Å²) in [5, 5.41) is 16.3. The Bertz CT molecular complexity index is 702. The standard InChI is InChI=1S/C16H16BrN3O2/c1-11-3-2-4-13(7-11)18-10-16(22)20-19-9-12-5-6-15(21)14(17)8-12/h2-9,18,21H,10H2,1H3,(H,20,22)/b19-9-. The van der Waals surface area contributed by atoms with E-state index in [2.05, 4.69) is 31.8 Å². The lowest BCUT2D eigenvalue weighted by atomic mass is 10.2. The number of halogens is 1. The highest BCUT2D eigenvalue weighted by atomic mass is 79.9. The van der Waals surface area contributed by atoms with Gasteiger partial charge in [-0.1, -0.05) is 12.1 Å². The predicted molar refractivity (Wildman–Crippen MR) is 91.2 cm³/mol. The Hall–Kier alpha value is -2.34. The van der Waals surface area contributed by atoms with Gasteiger partial charge in [-0.3, -0.25) is 4.79 Å². The van der Waals surface area contributed by atoms with Crippen LogP contribution in [0, 0.1) is 6.92 Å². The number of rotatable bonds is 5. The van der Waals surface area contributed by atoms with Gasteiger partial charge in [-0.05, 0) is 64.3 Å². The van der Waals surface area contributed by atoms with Crippen LogP contribution in [0.4, 0.5) is 5.69 Å². The number of hydrogen-bond donors (Lipinski definition) is 3. The number of amides is 1. The number of aromatic hydroxyl groups is 1. The number of nitrogens with one attached hydrogen (secondary N) is 2. The van der Waals surface area contributed by atoms with Crippen LogP contribution in [0.1, 0.15) is 11.1 Å². The van der Waals surface area contributed by atoms with Crippen molar-refractivity contribution in [3.63, 3.8) is 0 Å². The molecule has 5 nitrogen and oxygen atoms in total. The van der Waals surface area contributed by atoms with E-state index in [1.807, 2.05) is 31.2 Å². The van der Waals surface area contributed by atoms with E-state index >= 15 is 0 Å². The van der Waals surface area contributed by atoms with Crippen LogP contribution in [-0.4, -0.2) is 23.8 Å². The van der Waals surface area contributed by atoms with Crippen LogP contribution in [0.2, 0.25) is 0 Å². The fraction of sp³-hybridized carbons (Fsp3) is 0.125. The lowest BCUT2D eigenvalue weighted by Gasteiger charge is -2.05. The molecule has 0 aromatic heterocycles. The van der Waals surface area contributed by atoms with Gasteiger partial charge in [0.2, 0.25) is 0 Å². The van der Waals surface area contributed by atoms with Gasteiger partial charge in [-0.25, -0.2) is 5.43 Å². The third kappa shape index (κ3) is 4.89. The fourth-order valence-corrected chi connectivity index (χ4v) is 2.16. The topological polar surface area (TPSA) is 73.7 Å². The molecule has 1 amide bonds. The van der Waals surface area contributed by atoms with Crippen molar-refractivity contribution in [2.75, 3.05) is 11.9 Å². The Labute approximate surface area is 137 Å². The summed E-state index contributed by atoms with van der Waals surface area (Å²) in [6.07, 6.45) is 1.51. The Kier molecular flexibility index (Phi) is 5.55. The molecule has 0 unspecified atom stereocenters. The van der Waals surface area contributed by atoms with Crippen LogP contribution in [0.3, 0.4) is 0 Å². The van der Waals surface area contributed by atoms with Crippen LogP contribution >= 0.6 is 15.9 Å². The van der Waals surface area contributed by atoms with Gasteiger partial charge < -0.3 is 10.4 Å². The lowest BCUT2D eigenvalue weighted by Crippen LogP contribution is -2.25. The molecular weight excluding hydrogens is 346 g/mol. The number of anilines is 1. The van der Waals surface area contributed by atoms with Crippen molar-refractivity contribution in [2.24, 2.45) is 5.10 Å². The Morgan fingerprint density at radius 2 is 2.14 bits per heavy atom. The molecule has 22 heavy (non-hydrogen) atoms. The maximum atomic E-state index is 11.7. The van der Waals surface area contributed by atoms with Gasteiger partial charge in [-0.2, -0.15) is 5.10 Å². The highest BCUT2D eigenvalue weighted by Gasteiger charge is 2.00. The van der Waals surface area contributed by atoms with E-state index in [9.17, 15) is 9.90 Å². The van der Waals surface area contributed by atoms with Crippen molar-refractivity contribution in [1.29, 1.82) is 0 Å². The average molecular weight is 362 g/mol. The lowest BCUT2D eigenvalue weighted by molar-refractivity contribution is -0.119. The molecule has 0 bridgehead atoms. The van der Waals surface area contributed by atoms with E-state index in [-0.39, 0.29) is 18.2 Å². The van der Waals surface area contributed by atoms with Gasteiger partial charge in [0.25, 0.3) is 5.91 Å². The minimum absolute atomic E-state index is 0.139. The average Bonchev–Trinajstić information content (AvgIpc) is 2.49. The summed E-state index contributed by atoms with van der Waals surface area (Å²) >= 11 is 3.21. The van der Waals surface area contributed by atoms with Crippen molar-refractivity contribution in [3.8, 4) is 5.75 Å². The molecule has 0 atom stereocenters. The Balaban J connectivity index is 1.82. The second kappa shape index (κ2) is 7.61. The number of phenols is 1. The number of hydrogen-bond acceptors (Lipinski definition) is 4. The molecule has 6 heteroatoms. The molecule has 2 aromatic rings. The third-order valence-electron chi connectivity index (χ3n) is 2.85. The summed E-state index contributed by atoms with van der Waals surface area (Å²) in [6, 6.07) is 12.7. The molecule has 3 N–H and O–H groups in total. The molecule has 0 aliphatic rings. The van der Waals surface area contributed by atoms with Gasteiger partial charge in [0.05, 0.1) is 17.2 Å². The van der Waals surface area contributed by atoms with Crippen molar-refractivity contribution in [1.82, 2.24) is 5.43 Å². The SMILES string of the molecule is Cc1cccc(NCC(=O)N/N=C\c2ccc(O)c(Br)c2)c1. The second-order valence-corrected chi connectivity index (χ2v) is 5.58. The quantitative estimate of drug-likeness (QED) is 0.566. The summed E-state index contributed by atoms with van der Waals surface area (Å²) in [6.45, 7) is 2.13. The van der Waals surface area contributed by atoms with Gasteiger partial charge in [0.1, 0.15) is 5.75 Å². The molecule has 0 radical (unpaired) electrons. The third-order valence-corrected chi connectivity index (χ3v) is 3.48. The molecule has 2 aromatic carbocycles. The zero-order valence-corrected chi connectivity index (χ0v) is 13.6. The van der Waals surface area contributed by atoms with Gasteiger partial charge >= 0.3 is 0 Å². The van der Waals surface area contributed by atoms with Crippen LogP contribution < -0.4 is 10.7 Å². The first-order valence-corrected chi connectivity index (χ1v) is 7.45. The van der Waals surface area contributed by atoms with Crippen LogP contribution in [0.15, 0.2) is 52.0 Å². The molecule has 0 saturated heterocycles. The molecule has 2 rings (SSSR count). The Morgan fingerprint density at radius 1 is 1.32 bits per heavy atom. The number of phenolic OH excluding ortho intramolecular Hbond substituents is 1. The molecule has 0 spiro atoms. The monoisotopic (exact) mass is 361 g/mol. The first-order valence-electron chi connectivity index (χ1n) is 6.65. The van der Waals surface area contributed by atoms with E-state index < -0.39 is 0 Å². The fourth-order valence-electron chi connectivity index (χ4n) is 1.76. The molecule has 114 valence electrons. The van der Waals surface area contributed by atoms with Crippen molar-refractivity contribution in [2.45, 2.75) is 6.92 Å². The number of carbonyl (C=O) groups is 1. The molecule has 0 aliphatic heterocycles. The number of benzene rings is 2. The Morgan fingerprint density at radius 3 is 2.86 bits per heavy atom. The van der Waals surface area contributed by atoms with Gasteiger partial charge in [0, 0.05) is 5.69 Å². The molecular formula is C16H16BrN3O2. The van der Waals surface area contributed by atoms with Gasteiger partial charge in [-0.15, -0.1) is 0 Å². The van der Waals surface area contributed by atoms with Crippen LogP contribution in [0.25, 0.3) is 0 Å². The minimum Gasteiger partial charge on any atom is -0.507 e. The predicted octanol–water partition coefficient (Wildman–Crippen LogP) is 3.03. The van der Waals surface area contributed by atoms with Crippen LogP contribution in [-0.2, 0) is 4.79 Å². The minimum atomic E-state index is -0.240. The molecule has 0 aliphatic carbocycles. The number of carbonyl (C=O) groups excluding carboxylic acids is 1. The van der Waals surface area contributed by atoms with Crippen molar-refractivity contribution in [3.05, 3.63) is 58.1 Å². The van der Waals surface area contributed by atoms with E-state index in [1.54, 1.807) is 18.2 Å². The number of hydrazone groups is 1. The summed E-state index contributed by atoms with van der Waals surface area (Å²) in [7, 11) is 0. The molecule has 0 fully saturated rings. The zero-order chi connectivity index (χ0) is 15.9. The largest absolute Gasteiger partial charge is 0.507 e. The molecule has 0 saturated carbocycles. The van der Waals surface area contributed by atoms with Crippen molar-refractivity contribution >= 4 is 33.7 Å². The zero-order valence-electron chi connectivity index (χ0n) is 12.0. The first-order chi connectivity index (χ1) is 10.5. The highest BCUT2D eigenvalue weighted by Crippen LogP contribution is 2.23. The number of aryl methyl sites for hydroxylation is 1. The summed E-state index contributed by atoms with van der Waals surface area (Å²) in [4.78, 5) is 11.7. The highest BCUT2D eigenvalue weighted by molar-refractivity contribution is 9.10. The maximum Gasteiger partial charge on any atom is 0.259 e. The maximum absolute atomic E-state index is 11.7. The van der Waals surface area contributed by atoms with E-state index in [4.69, 9.17) is 0 Å². The van der Waals surface area contributed by atoms with E-state index in [0.717, 1.165) is 16.8 Å². The van der Waals surface area contributed by atoms with Crippen LogP contribution in [0.5, 0.6) is 5.75 Å².